The van der Waals surface area contributed by atoms with Gasteiger partial charge in [0, 0.05) is 75.0 Å². The monoisotopic (exact) mass is 757 g/mol. The summed E-state index contributed by atoms with van der Waals surface area (Å²) in [6.07, 6.45) is 0. The zero-order chi connectivity index (χ0) is 38.2. The van der Waals surface area contributed by atoms with Gasteiger partial charge < -0.3 is 4.57 Å². The molecule has 12 aromatic rings. The van der Waals surface area contributed by atoms with Crippen molar-refractivity contribution in [2.24, 2.45) is 0 Å². The molecule has 12 rings (SSSR count). The summed E-state index contributed by atoms with van der Waals surface area (Å²) < 4.78 is 4.68. The minimum Gasteiger partial charge on any atom is -0.309 e. The van der Waals surface area contributed by atoms with E-state index in [2.05, 4.69) is 174 Å². The van der Waals surface area contributed by atoms with Gasteiger partial charge in [-0.05, 0) is 54.6 Å². The van der Waals surface area contributed by atoms with Crippen LogP contribution in [0.3, 0.4) is 0 Å². The third-order valence-corrected chi connectivity index (χ3v) is 12.4. The van der Waals surface area contributed by atoms with Crippen LogP contribution in [0.25, 0.3) is 115 Å². The number of fused-ring (bicyclic) bond motifs is 10. The number of thiophene rings is 1. The fourth-order valence-electron chi connectivity index (χ4n) is 8.63. The van der Waals surface area contributed by atoms with E-state index >= 15 is 0 Å². The lowest BCUT2D eigenvalue weighted by Crippen LogP contribution is -2.00. The third-order valence-electron chi connectivity index (χ3n) is 11.2. The zero-order valence-electron chi connectivity index (χ0n) is 31.0. The smallest absolute Gasteiger partial charge is 0.165 e. The van der Waals surface area contributed by atoms with E-state index in [0.29, 0.717) is 17.5 Å². The van der Waals surface area contributed by atoms with Gasteiger partial charge in [-0.1, -0.05) is 133 Å². The van der Waals surface area contributed by atoms with Crippen molar-refractivity contribution in [3.05, 3.63) is 188 Å². The number of rotatable bonds is 5. The van der Waals surface area contributed by atoms with E-state index in [4.69, 9.17) is 19.9 Å². The van der Waals surface area contributed by atoms with Gasteiger partial charge in [-0.3, -0.25) is 0 Å². The number of benzene rings is 8. The Hall–Kier alpha value is -7.54. The molecule has 0 unspecified atom stereocenters. The van der Waals surface area contributed by atoms with Crippen LogP contribution >= 0.6 is 11.3 Å². The molecule has 0 aliphatic carbocycles. The molecule has 4 heterocycles. The van der Waals surface area contributed by atoms with E-state index in [1.807, 2.05) is 18.2 Å². The molecule has 0 amide bonds. The van der Waals surface area contributed by atoms with E-state index in [0.717, 1.165) is 71.0 Å². The molecule has 58 heavy (non-hydrogen) atoms. The topological polar surface area (TPSA) is 56.5 Å². The molecule has 0 spiro atoms. The summed E-state index contributed by atoms with van der Waals surface area (Å²) in [5, 5.41) is 8.24. The van der Waals surface area contributed by atoms with Crippen molar-refractivity contribution >= 4 is 75.0 Å². The van der Waals surface area contributed by atoms with Crippen LogP contribution in [-0.2, 0) is 0 Å². The largest absolute Gasteiger partial charge is 0.309 e. The summed E-state index contributed by atoms with van der Waals surface area (Å²) in [6.45, 7) is 0. The molecule has 0 radical (unpaired) electrons. The van der Waals surface area contributed by atoms with Crippen molar-refractivity contribution in [3.8, 4) is 51.1 Å². The van der Waals surface area contributed by atoms with Gasteiger partial charge in [0.25, 0.3) is 0 Å². The van der Waals surface area contributed by atoms with Crippen LogP contribution in [0.4, 0.5) is 0 Å². The van der Waals surface area contributed by atoms with E-state index in [1.54, 1.807) is 11.3 Å². The molecular weight excluding hydrogens is 727 g/mol. The van der Waals surface area contributed by atoms with Gasteiger partial charge in [-0.2, -0.15) is 0 Å². The van der Waals surface area contributed by atoms with Gasteiger partial charge >= 0.3 is 0 Å². The lowest BCUT2D eigenvalue weighted by molar-refractivity contribution is 1.08. The average molecular weight is 758 g/mol. The summed E-state index contributed by atoms with van der Waals surface area (Å²) >= 11 is 1.79. The number of aromatic nitrogens is 5. The van der Waals surface area contributed by atoms with Crippen molar-refractivity contribution in [1.82, 2.24) is 24.5 Å². The first kappa shape index (κ1) is 32.7. The molecule has 270 valence electrons. The maximum atomic E-state index is 5.31. The highest BCUT2D eigenvalue weighted by atomic mass is 32.1. The van der Waals surface area contributed by atoms with Gasteiger partial charge in [0.05, 0.1) is 22.2 Å². The quantitative estimate of drug-likeness (QED) is 0.164. The van der Waals surface area contributed by atoms with Crippen LogP contribution < -0.4 is 0 Å². The Morgan fingerprint density at radius 1 is 0.379 bits per heavy atom. The second kappa shape index (κ2) is 13.0. The molecular formula is C52H31N5S. The van der Waals surface area contributed by atoms with Gasteiger partial charge in [0.2, 0.25) is 0 Å². The average Bonchev–Trinajstić information content (AvgIpc) is 3.85. The van der Waals surface area contributed by atoms with E-state index in [1.165, 1.54) is 26.2 Å². The number of nitrogens with zero attached hydrogens (tertiary/aromatic N) is 5. The molecule has 0 atom stereocenters. The molecule has 0 saturated carbocycles. The molecule has 4 aromatic heterocycles. The Labute approximate surface area is 337 Å². The molecule has 5 nitrogen and oxygen atoms in total. The number of para-hydroxylation sites is 3. The third kappa shape index (κ3) is 5.09. The van der Waals surface area contributed by atoms with Crippen LogP contribution in [0, 0.1) is 0 Å². The minimum atomic E-state index is 0.635. The zero-order valence-corrected chi connectivity index (χ0v) is 31.9. The Balaban J connectivity index is 1.10. The summed E-state index contributed by atoms with van der Waals surface area (Å²) in [7, 11) is 0. The first-order valence-corrected chi connectivity index (χ1v) is 20.2. The second-order valence-electron chi connectivity index (χ2n) is 14.6. The predicted octanol–water partition coefficient (Wildman–Crippen LogP) is 13.7. The van der Waals surface area contributed by atoms with Crippen LogP contribution in [0.5, 0.6) is 0 Å². The van der Waals surface area contributed by atoms with Crippen LogP contribution in [0.2, 0.25) is 0 Å². The summed E-state index contributed by atoms with van der Waals surface area (Å²) in [6, 6.07) is 66.0. The van der Waals surface area contributed by atoms with E-state index in [9.17, 15) is 0 Å². The first-order valence-electron chi connectivity index (χ1n) is 19.4. The fourth-order valence-corrected chi connectivity index (χ4v) is 9.85. The van der Waals surface area contributed by atoms with Crippen molar-refractivity contribution in [2.45, 2.75) is 0 Å². The van der Waals surface area contributed by atoms with Gasteiger partial charge in [0.15, 0.2) is 17.5 Å². The molecule has 0 aliphatic heterocycles. The molecule has 0 aliphatic rings. The van der Waals surface area contributed by atoms with Crippen molar-refractivity contribution in [1.29, 1.82) is 0 Å². The SMILES string of the molecule is c1ccc(-c2nc(-c3ccc4c(c3)c3ccccc3n4-c3ccccc3)nc(-c3cccc4c3sc3ccc5c(-c6ccccc6)nc6ccccc6c5c34)n2)cc1. The normalized spacial score (nSPS) is 11.8. The number of hydrogen-bond acceptors (Lipinski definition) is 5. The molecule has 0 saturated heterocycles. The van der Waals surface area contributed by atoms with Crippen molar-refractivity contribution < 1.29 is 0 Å². The molecule has 0 N–H and O–H groups in total. The van der Waals surface area contributed by atoms with Crippen LogP contribution in [0.1, 0.15) is 0 Å². The maximum Gasteiger partial charge on any atom is 0.165 e. The summed E-state index contributed by atoms with van der Waals surface area (Å²) in [4.78, 5) is 20.9. The highest BCUT2D eigenvalue weighted by molar-refractivity contribution is 7.26. The standard InChI is InChI=1S/C52H31N5S/c1-4-15-32(16-5-1)48-38-28-30-45-47(46(38)37-22-10-12-25-42(37)53-48)39-23-14-24-40(49(39)58-45)52-55-50(33-17-6-2-7-18-33)54-51(56-52)34-27-29-44-41(31-34)36-21-11-13-26-43(36)57(44)35-19-8-3-9-20-35/h1-31H. The molecule has 0 fully saturated rings. The molecule has 6 heteroatoms. The van der Waals surface area contributed by atoms with E-state index in [-0.39, 0.29) is 0 Å². The van der Waals surface area contributed by atoms with Crippen molar-refractivity contribution in [2.75, 3.05) is 0 Å². The lowest BCUT2D eigenvalue weighted by Gasteiger charge is -2.12. The molecule has 0 bridgehead atoms. The highest BCUT2D eigenvalue weighted by Crippen LogP contribution is 2.46. The number of pyridine rings is 1. The molecule has 8 aromatic carbocycles. The van der Waals surface area contributed by atoms with Crippen LogP contribution in [-0.4, -0.2) is 24.5 Å². The van der Waals surface area contributed by atoms with E-state index < -0.39 is 0 Å². The minimum absolute atomic E-state index is 0.635. The Morgan fingerprint density at radius 2 is 1.02 bits per heavy atom. The second-order valence-corrected chi connectivity index (χ2v) is 15.6. The Bertz CT molecular complexity index is 3560. The van der Waals surface area contributed by atoms with Crippen molar-refractivity contribution in [3.63, 3.8) is 0 Å². The lowest BCUT2D eigenvalue weighted by atomic mass is 9.96. The summed E-state index contributed by atoms with van der Waals surface area (Å²) in [5.74, 6) is 1.92. The Morgan fingerprint density at radius 3 is 1.83 bits per heavy atom. The maximum absolute atomic E-state index is 5.31. The number of hydrogen-bond donors (Lipinski definition) is 0. The fraction of sp³-hybridized carbons (Fsp3) is 0. The first-order chi connectivity index (χ1) is 28.8. The van der Waals surface area contributed by atoms with Crippen LogP contribution in [0.15, 0.2) is 188 Å². The summed E-state index contributed by atoms with van der Waals surface area (Å²) in [5.41, 5.74) is 9.35. The highest BCUT2D eigenvalue weighted by Gasteiger charge is 2.21. The predicted molar refractivity (Wildman–Crippen MR) is 242 cm³/mol. The van der Waals surface area contributed by atoms with Gasteiger partial charge in [0.1, 0.15) is 0 Å². The van der Waals surface area contributed by atoms with Gasteiger partial charge in [-0.25, -0.2) is 19.9 Å². The van der Waals surface area contributed by atoms with Gasteiger partial charge in [-0.15, -0.1) is 11.3 Å². The Kier molecular flexibility index (Phi) is 7.33.